The molecule has 39 heavy (non-hydrogen) atoms. The summed E-state index contributed by atoms with van der Waals surface area (Å²) in [4.78, 5) is 6.77. The second-order valence-corrected chi connectivity index (χ2v) is 9.73. The topological polar surface area (TPSA) is 63.4 Å². The van der Waals surface area contributed by atoms with Gasteiger partial charge in [-0.25, -0.2) is 4.98 Å². The maximum absolute atomic E-state index is 6.26. The van der Waals surface area contributed by atoms with Crippen LogP contribution in [-0.2, 0) is 19.5 Å². The van der Waals surface area contributed by atoms with E-state index >= 15 is 0 Å². The number of benzene rings is 3. The largest absolute Gasteiger partial charge is 0.437 e. The molecule has 0 bridgehead atoms. The van der Waals surface area contributed by atoms with E-state index in [0.29, 0.717) is 17.5 Å². The summed E-state index contributed by atoms with van der Waals surface area (Å²) in [6.45, 7) is 3.92. The number of hydrogen-bond acceptors (Lipinski definition) is 6. The molecule has 0 aliphatic heterocycles. The number of aryl methyl sites for hydroxylation is 1. The van der Waals surface area contributed by atoms with Gasteiger partial charge in [0.2, 0.25) is 11.8 Å². The molecule has 0 aliphatic rings. The van der Waals surface area contributed by atoms with E-state index in [-0.39, 0.29) is 0 Å². The lowest BCUT2D eigenvalue weighted by Gasteiger charge is -2.17. The van der Waals surface area contributed by atoms with Crippen molar-refractivity contribution in [3.05, 3.63) is 120 Å². The maximum atomic E-state index is 6.26. The third-order valence-electron chi connectivity index (χ3n) is 6.49. The Kier molecular flexibility index (Phi) is 8.66. The minimum Gasteiger partial charge on any atom is -0.437 e. The third-order valence-corrected chi connectivity index (χ3v) is 6.49. The molecular weight excluding hydrogens is 484 g/mol. The number of nitrogens with one attached hydrogen (secondary N) is 1. The predicted octanol–water partition coefficient (Wildman–Crippen LogP) is 8.25. The van der Waals surface area contributed by atoms with E-state index in [2.05, 4.69) is 82.9 Å². The number of ether oxygens (including phenoxy) is 1. The summed E-state index contributed by atoms with van der Waals surface area (Å²) >= 11 is 0. The zero-order valence-electron chi connectivity index (χ0n) is 22.5. The molecule has 0 atom stereocenters. The summed E-state index contributed by atoms with van der Waals surface area (Å²) < 4.78 is 11.9. The number of unbranched alkanes of at least 4 members (excludes halogenated alkanes) is 1. The number of anilines is 2. The molecule has 0 amide bonds. The van der Waals surface area contributed by atoms with Gasteiger partial charge in [-0.2, -0.15) is 0 Å². The third kappa shape index (κ3) is 7.12. The second kappa shape index (κ2) is 12.9. The average Bonchev–Trinajstić information content (AvgIpc) is 3.43. The highest BCUT2D eigenvalue weighted by Crippen LogP contribution is 2.33. The van der Waals surface area contributed by atoms with Crippen LogP contribution in [0.1, 0.15) is 36.5 Å². The summed E-state index contributed by atoms with van der Waals surface area (Å²) in [6, 6.07) is 32.7. The first-order valence-electron chi connectivity index (χ1n) is 13.4. The number of aromatic nitrogens is 2. The highest BCUT2D eigenvalue weighted by Gasteiger charge is 2.13. The van der Waals surface area contributed by atoms with Gasteiger partial charge in [0.25, 0.3) is 0 Å². The molecule has 2 heterocycles. The molecule has 0 spiro atoms. The Bertz CT molecular complexity index is 1480. The standard InChI is InChI=1S/C33H34N4O2/c1-3-4-15-27-16-8-9-19-31(27)38-33-29(18-11-20-34-33)35-32-22-30(36-39-32)28-17-10-14-26(21-28)24-37(2)23-25-12-6-5-7-13-25/h5-14,16-22,35H,3-4,15,23-24H2,1-2H3. The van der Waals surface area contributed by atoms with Crippen molar-refractivity contribution < 1.29 is 9.26 Å². The van der Waals surface area contributed by atoms with E-state index in [0.717, 1.165) is 49.4 Å². The summed E-state index contributed by atoms with van der Waals surface area (Å²) in [5, 5.41) is 7.61. The maximum Gasteiger partial charge on any atom is 0.243 e. The van der Waals surface area contributed by atoms with Gasteiger partial charge in [-0.05, 0) is 60.8 Å². The van der Waals surface area contributed by atoms with E-state index < -0.39 is 0 Å². The van der Waals surface area contributed by atoms with Gasteiger partial charge in [0.05, 0.1) is 0 Å². The van der Waals surface area contributed by atoms with Crippen molar-refractivity contribution in [3.8, 4) is 22.9 Å². The molecule has 198 valence electrons. The Morgan fingerprint density at radius 2 is 1.64 bits per heavy atom. The number of rotatable bonds is 12. The zero-order valence-corrected chi connectivity index (χ0v) is 22.5. The molecule has 0 radical (unpaired) electrons. The van der Waals surface area contributed by atoms with E-state index in [1.54, 1.807) is 6.20 Å². The van der Waals surface area contributed by atoms with Gasteiger partial charge in [0.15, 0.2) is 0 Å². The molecule has 0 saturated carbocycles. The molecule has 0 unspecified atom stereocenters. The van der Waals surface area contributed by atoms with Crippen molar-refractivity contribution in [2.75, 3.05) is 12.4 Å². The van der Waals surface area contributed by atoms with Crippen LogP contribution in [0.15, 0.2) is 108 Å². The molecule has 6 heteroatoms. The van der Waals surface area contributed by atoms with E-state index in [9.17, 15) is 0 Å². The van der Waals surface area contributed by atoms with Crippen molar-refractivity contribution >= 4 is 11.6 Å². The minimum absolute atomic E-state index is 0.489. The van der Waals surface area contributed by atoms with Crippen LogP contribution in [0.4, 0.5) is 11.6 Å². The van der Waals surface area contributed by atoms with Crippen molar-refractivity contribution in [1.29, 1.82) is 0 Å². The van der Waals surface area contributed by atoms with Crippen LogP contribution in [0.2, 0.25) is 0 Å². The second-order valence-electron chi connectivity index (χ2n) is 9.73. The molecule has 0 saturated heterocycles. The number of para-hydroxylation sites is 1. The fraction of sp³-hybridized carbons (Fsp3) is 0.212. The van der Waals surface area contributed by atoms with Gasteiger partial charge in [-0.15, -0.1) is 0 Å². The molecule has 6 nitrogen and oxygen atoms in total. The molecule has 2 aromatic heterocycles. The fourth-order valence-electron chi connectivity index (χ4n) is 4.54. The Morgan fingerprint density at radius 1 is 0.846 bits per heavy atom. The summed E-state index contributed by atoms with van der Waals surface area (Å²) in [7, 11) is 2.13. The zero-order chi connectivity index (χ0) is 26.9. The van der Waals surface area contributed by atoms with Crippen molar-refractivity contribution in [2.24, 2.45) is 0 Å². The lowest BCUT2D eigenvalue weighted by Crippen LogP contribution is -2.17. The van der Waals surface area contributed by atoms with Gasteiger partial charge in [0.1, 0.15) is 17.1 Å². The van der Waals surface area contributed by atoms with Crippen LogP contribution < -0.4 is 10.1 Å². The van der Waals surface area contributed by atoms with Crippen molar-refractivity contribution in [1.82, 2.24) is 15.0 Å². The molecule has 0 fully saturated rings. The van der Waals surface area contributed by atoms with Crippen molar-refractivity contribution in [2.45, 2.75) is 39.3 Å². The molecular formula is C33H34N4O2. The quantitative estimate of drug-likeness (QED) is 0.179. The fourth-order valence-corrected chi connectivity index (χ4v) is 4.54. The molecule has 3 aromatic carbocycles. The monoisotopic (exact) mass is 518 g/mol. The number of hydrogen-bond donors (Lipinski definition) is 1. The Hall–Kier alpha value is -4.42. The van der Waals surface area contributed by atoms with Crippen molar-refractivity contribution in [3.63, 3.8) is 0 Å². The first-order valence-corrected chi connectivity index (χ1v) is 13.4. The van der Waals surface area contributed by atoms with Crippen LogP contribution in [0.5, 0.6) is 11.6 Å². The molecule has 1 N–H and O–H groups in total. The van der Waals surface area contributed by atoms with E-state index in [1.807, 2.05) is 48.5 Å². The van der Waals surface area contributed by atoms with Crippen LogP contribution in [-0.4, -0.2) is 22.1 Å². The minimum atomic E-state index is 0.489. The van der Waals surface area contributed by atoms with E-state index in [4.69, 9.17) is 9.26 Å². The van der Waals surface area contributed by atoms with Gasteiger partial charge in [-0.1, -0.05) is 85.2 Å². The summed E-state index contributed by atoms with van der Waals surface area (Å²) in [6.07, 6.45) is 4.93. The highest BCUT2D eigenvalue weighted by molar-refractivity contribution is 5.67. The lowest BCUT2D eigenvalue weighted by atomic mass is 10.1. The van der Waals surface area contributed by atoms with Gasteiger partial charge < -0.3 is 14.6 Å². The van der Waals surface area contributed by atoms with Gasteiger partial charge >= 0.3 is 0 Å². The van der Waals surface area contributed by atoms with Crippen LogP contribution in [0.25, 0.3) is 11.3 Å². The molecule has 5 aromatic rings. The SMILES string of the molecule is CCCCc1ccccc1Oc1ncccc1Nc1cc(-c2cccc(CN(C)Cc3ccccc3)c2)no1. The van der Waals surface area contributed by atoms with Crippen LogP contribution in [0.3, 0.4) is 0 Å². The number of pyridine rings is 1. The first kappa shape index (κ1) is 26.2. The van der Waals surface area contributed by atoms with Gasteiger partial charge in [0, 0.05) is 30.9 Å². The molecule has 0 aliphatic carbocycles. The van der Waals surface area contributed by atoms with E-state index in [1.165, 1.54) is 16.7 Å². The summed E-state index contributed by atoms with van der Waals surface area (Å²) in [5.74, 6) is 1.83. The Labute approximate surface area is 230 Å². The lowest BCUT2D eigenvalue weighted by molar-refractivity contribution is 0.319. The smallest absolute Gasteiger partial charge is 0.243 e. The normalized spacial score (nSPS) is 11.1. The Balaban J connectivity index is 1.27. The Morgan fingerprint density at radius 3 is 2.51 bits per heavy atom. The summed E-state index contributed by atoms with van der Waals surface area (Å²) in [5.41, 5.74) is 6.17. The highest BCUT2D eigenvalue weighted by atomic mass is 16.5. The van der Waals surface area contributed by atoms with Crippen LogP contribution in [0, 0.1) is 0 Å². The van der Waals surface area contributed by atoms with Crippen LogP contribution >= 0.6 is 0 Å². The first-order chi connectivity index (χ1) is 19.2. The van der Waals surface area contributed by atoms with Gasteiger partial charge in [-0.3, -0.25) is 4.90 Å². The average molecular weight is 519 g/mol. The number of nitrogens with zero attached hydrogens (tertiary/aromatic N) is 3. The predicted molar refractivity (Wildman–Crippen MR) is 156 cm³/mol. The molecule has 5 rings (SSSR count).